The summed E-state index contributed by atoms with van der Waals surface area (Å²) in [5, 5.41) is 3.93. The second-order valence-electron chi connectivity index (χ2n) is 5.45. The van der Waals surface area contributed by atoms with Gasteiger partial charge in [0, 0.05) is 31.2 Å². The van der Waals surface area contributed by atoms with E-state index >= 15 is 0 Å². The number of hydrogen-bond donors (Lipinski definition) is 1. The molecule has 0 aliphatic carbocycles. The number of anilines is 1. The molecule has 1 unspecified atom stereocenters. The number of aromatic nitrogens is 2. The molecule has 1 saturated heterocycles. The molecule has 19 heavy (non-hydrogen) atoms. The van der Waals surface area contributed by atoms with Crippen LogP contribution in [-0.4, -0.2) is 29.7 Å². The highest BCUT2D eigenvalue weighted by molar-refractivity contribution is 6.30. The molecule has 1 aromatic rings. The van der Waals surface area contributed by atoms with Crippen molar-refractivity contribution in [3.63, 3.8) is 0 Å². The Morgan fingerprint density at radius 3 is 2.84 bits per heavy atom. The zero-order chi connectivity index (χ0) is 13.8. The lowest BCUT2D eigenvalue weighted by atomic mass is 10.1. The lowest BCUT2D eigenvalue weighted by Crippen LogP contribution is -2.12. The molecule has 106 valence electrons. The fraction of sp³-hybridized carbons (Fsp3) is 0.714. The Bertz CT molecular complexity index is 431. The molecule has 1 N–H and O–H groups in total. The molecule has 0 radical (unpaired) electrons. The summed E-state index contributed by atoms with van der Waals surface area (Å²) in [5.41, 5.74) is 0.925. The van der Waals surface area contributed by atoms with Gasteiger partial charge in [0.15, 0.2) is 0 Å². The molecule has 0 bridgehead atoms. The van der Waals surface area contributed by atoms with E-state index < -0.39 is 0 Å². The lowest BCUT2D eigenvalue weighted by molar-refractivity contribution is 0.185. The van der Waals surface area contributed by atoms with Gasteiger partial charge in [-0.1, -0.05) is 25.4 Å². The Kier molecular flexibility index (Phi) is 4.99. The Balaban J connectivity index is 1.98. The molecule has 5 heteroatoms. The van der Waals surface area contributed by atoms with Crippen LogP contribution in [0.2, 0.25) is 5.15 Å². The minimum Gasteiger partial charge on any atom is -0.381 e. The number of rotatable bonds is 5. The molecule has 0 spiro atoms. The molecule has 1 aliphatic heterocycles. The van der Waals surface area contributed by atoms with Crippen molar-refractivity contribution in [1.29, 1.82) is 0 Å². The normalized spacial score (nSPS) is 19.1. The van der Waals surface area contributed by atoms with E-state index in [1.165, 1.54) is 6.42 Å². The van der Waals surface area contributed by atoms with Crippen LogP contribution in [-0.2, 0) is 4.74 Å². The van der Waals surface area contributed by atoms with E-state index in [0.717, 1.165) is 43.4 Å². The van der Waals surface area contributed by atoms with Crippen molar-refractivity contribution in [2.75, 3.05) is 25.1 Å². The molecule has 2 rings (SSSR count). The molecule has 1 aliphatic rings. The van der Waals surface area contributed by atoms with Crippen molar-refractivity contribution < 1.29 is 4.74 Å². The van der Waals surface area contributed by atoms with Gasteiger partial charge in [-0.25, -0.2) is 9.97 Å². The van der Waals surface area contributed by atoms with Crippen molar-refractivity contribution in [3.8, 4) is 0 Å². The molecule has 1 fully saturated rings. The van der Waals surface area contributed by atoms with E-state index in [1.54, 1.807) is 0 Å². The van der Waals surface area contributed by atoms with Gasteiger partial charge in [0.2, 0.25) is 0 Å². The zero-order valence-electron chi connectivity index (χ0n) is 11.9. The third-order valence-corrected chi connectivity index (χ3v) is 3.86. The van der Waals surface area contributed by atoms with Gasteiger partial charge in [-0.2, -0.15) is 0 Å². The Morgan fingerprint density at radius 1 is 1.42 bits per heavy atom. The largest absolute Gasteiger partial charge is 0.381 e. The van der Waals surface area contributed by atoms with E-state index in [2.05, 4.69) is 29.1 Å². The Morgan fingerprint density at radius 2 is 2.21 bits per heavy atom. The molecule has 0 saturated carbocycles. The summed E-state index contributed by atoms with van der Waals surface area (Å²) >= 11 is 6.16. The van der Waals surface area contributed by atoms with Gasteiger partial charge < -0.3 is 10.1 Å². The fourth-order valence-corrected chi connectivity index (χ4v) is 2.32. The van der Waals surface area contributed by atoms with Gasteiger partial charge >= 0.3 is 0 Å². The number of nitrogens with zero attached hydrogens (tertiary/aromatic N) is 2. The average Bonchev–Trinajstić information content (AvgIpc) is 2.87. The maximum absolute atomic E-state index is 6.16. The van der Waals surface area contributed by atoms with Crippen molar-refractivity contribution in [2.45, 2.75) is 39.5 Å². The van der Waals surface area contributed by atoms with Crippen LogP contribution in [0.25, 0.3) is 0 Å². The Hall–Kier alpha value is -0.870. The number of nitrogens with one attached hydrogen (secondary N) is 1. The van der Waals surface area contributed by atoms with Crippen molar-refractivity contribution in [2.24, 2.45) is 5.92 Å². The minimum atomic E-state index is 0.280. The van der Waals surface area contributed by atoms with Crippen LogP contribution in [0.1, 0.15) is 44.0 Å². The van der Waals surface area contributed by atoms with Gasteiger partial charge in [0.25, 0.3) is 0 Å². The summed E-state index contributed by atoms with van der Waals surface area (Å²) in [6.07, 6.45) is 2.28. The van der Waals surface area contributed by atoms with Crippen molar-refractivity contribution in [1.82, 2.24) is 9.97 Å². The molecule has 1 aromatic heterocycles. The van der Waals surface area contributed by atoms with Crippen LogP contribution >= 0.6 is 11.6 Å². The van der Waals surface area contributed by atoms with Gasteiger partial charge in [-0.05, 0) is 25.7 Å². The van der Waals surface area contributed by atoms with Crippen LogP contribution in [0.5, 0.6) is 0 Å². The summed E-state index contributed by atoms with van der Waals surface area (Å²) in [4.78, 5) is 8.87. The van der Waals surface area contributed by atoms with Crippen LogP contribution in [0, 0.1) is 12.8 Å². The molecule has 1 atom stereocenters. The predicted molar refractivity (Wildman–Crippen MR) is 77.9 cm³/mol. The summed E-state index contributed by atoms with van der Waals surface area (Å²) in [6.45, 7) is 8.79. The second kappa shape index (κ2) is 6.53. The number of ether oxygens (including phenoxy) is 1. The van der Waals surface area contributed by atoms with Crippen molar-refractivity contribution >= 4 is 17.4 Å². The third-order valence-electron chi connectivity index (χ3n) is 3.49. The molecule has 0 amide bonds. The van der Waals surface area contributed by atoms with Gasteiger partial charge in [0.05, 0.1) is 0 Å². The number of hydrogen-bond acceptors (Lipinski definition) is 4. The molecular weight excluding hydrogens is 262 g/mol. The SMILES string of the molecule is Cc1c(Cl)nc(C(C)C)nc1NCCC1CCOC1. The van der Waals surface area contributed by atoms with Crippen LogP contribution in [0.15, 0.2) is 0 Å². The lowest BCUT2D eigenvalue weighted by Gasteiger charge is -2.14. The minimum absolute atomic E-state index is 0.280. The topological polar surface area (TPSA) is 47.0 Å². The summed E-state index contributed by atoms with van der Waals surface area (Å²) in [5.74, 6) is 2.61. The van der Waals surface area contributed by atoms with Gasteiger partial charge in [-0.15, -0.1) is 0 Å². The maximum Gasteiger partial charge on any atom is 0.137 e. The zero-order valence-corrected chi connectivity index (χ0v) is 12.6. The molecule has 0 aromatic carbocycles. The van der Waals surface area contributed by atoms with Crippen LogP contribution < -0.4 is 5.32 Å². The maximum atomic E-state index is 6.16. The predicted octanol–water partition coefficient (Wildman–Crippen LogP) is 3.40. The second-order valence-corrected chi connectivity index (χ2v) is 5.80. The summed E-state index contributed by atoms with van der Waals surface area (Å²) < 4.78 is 5.38. The van der Waals surface area contributed by atoms with Gasteiger partial charge in [0.1, 0.15) is 16.8 Å². The highest BCUT2D eigenvalue weighted by Crippen LogP contribution is 2.23. The highest BCUT2D eigenvalue weighted by atomic mass is 35.5. The quantitative estimate of drug-likeness (QED) is 0.842. The standard InChI is InChI=1S/C14H22ClN3O/c1-9(2)13-17-12(15)10(3)14(18-13)16-6-4-11-5-7-19-8-11/h9,11H,4-8H2,1-3H3,(H,16,17,18). The Labute approximate surface area is 119 Å². The fourth-order valence-electron chi connectivity index (χ4n) is 2.14. The smallest absolute Gasteiger partial charge is 0.137 e. The summed E-state index contributed by atoms with van der Waals surface area (Å²) in [7, 11) is 0. The molecular formula is C14H22ClN3O. The third kappa shape index (κ3) is 3.80. The molecule has 2 heterocycles. The van der Waals surface area contributed by atoms with E-state index in [0.29, 0.717) is 11.1 Å². The average molecular weight is 284 g/mol. The first kappa shape index (κ1) is 14.5. The highest BCUT2D eigenvalue weighted by Gasteiger charge is 2.16. The van der Waals surface area contributed by atoms with Crippen LogP contribution in [0.4, 0.5) is 5.82 Å². The first-order valence-electron chi connectivity index (χ1n) is 6.93. The first-order valence-corrected chi connectivity index (χ1v) is 7.31. The van der Waals surface area contributed by atoms with E-state index in [1.807, 2.05) is 6.92 Å². The number of halogens is 1. The summed E-state index contributed by atoms with van der Waals surface area (Å²) in [6, 6.07) is 0. The van der Waals surface area contributed by atoms with Gasteiger partial charge in [-0.3, -0.25) is 0 Å². The molecule has 4 nitrogen and oxygen atoms in total. The van der Waals surface area contributed by atoms with Crippen molar-refractivity contribution in [3.05, 3.63) is 16.5 Å². The van der Waals surface area contributed by atoms with E-state index in [-0.39, 0.29) is 5.92 Å². The van der Waals surface area contributed by atoms with E-state index in [9.17, 15) is 0 Å². The first-order chi connectivity index (χ1) is 9.08. The monoisotopic (exact) mass is 283 g/mol. The van der Waals surface area contributed by atoms with E-state index in [4.69, 9.17) is 16.3 Å². The van der Waals surface area contributed by atoms with Crippen LogP contribution in [0.3, 0.4) is 0 Å².